The minimum atomic E-state index is -0.117. The van der Waals surface area contributed by atoms with Gasteiger partial charge >= 0.3 is 6.03 Å². The van der Waals surface area contributed by atoms with Crippen LogP contribution >= 0.6 is 0 Å². The van der Waals surface area contributed by atoms with Crippen LogP contribution in [0.25, 0.3) is 0 Å². The van der Waals surface area contributed by atoms with E-state index in [-0.39, 0.29) is 18.1 Å². The van der Waals surface area contributed by atoms with Crippen LogP contribution in [0.4, 0.5) is 4.79 Å². The van der Waals surface area contributed by atoms with Crippen molar-refractivity contribution in [3.63, 3.8) is 0 Å². The largest absolute Gasteiger partial charge is 0.395 e. The lowest BCUT2D eigenvalue weighted by Crippen LogP contribution is -2.46. The summed E-state index contributed by atoms with van der Waals surface area (Å²) in [6.07, 6.45) is 0.884. The van der Waals surface area contributed by atoms with Gasteiger partial charge in [0.25, 0.3) is 0 Å². The molecule has 2 amide bonds. The Morgan fingerprint density at radius 1 is 1.25 bits per heavy atom. The molecule has 20 heavy (non-hydrogen) atoms. The van der Waals surface area contributed by atoms with Gasteiger partial charge in [0.05, 0.1) is 6.61 Å². The number of urea groups is 1. The maximum absolute atomic E-state index is 12.1. The van der Waals surface area contributed by atoms with Gasteiger partial charge in [0, 0.05) is 25.0 Å². The Kier molecular flexibility index (Phi) is 6.52. The van der Waals surface area contributed by atoms with Gasteiger partial charge < -0.3 is 15.3 Å². The fourth-order valence-corrected chi connectivity index (χ4v) is 2.11. The summed E-state index contributed by atoms with van der Waals surface area (Å²) in [6, 6.07) is 10.0. The molecule has 1 rings (SSSR count). The average Bonchev–Trinajstić information content (AvgIpc) is 2.45. The van der Waals surface area contributed by atoms with Gasteiger partial charge in [-0.05, 0) is 12.0 Å². The molecule has 2 N–H and O–H groups in total. The van der Waals surface area contributed by atoms with Crippen molar-refractivity contribution in [2.24, 2.45) is 0 Å². The van der Waals surface area contributed by atoms with Gasteiger partial charge in [0.1, 0.15) is 0 Å². The molecule has 0 aliphatic heterocycles. The second-order valence-corrected chi connectivity index (χ2v) is 5.62. The molecule has 0 aliphatic rings. The van der Waals surface area contributed by atoms with Gasteiger partial charge in [-0.25, -0.2) is 4.79 Å². The summed E-state index contributed by atoms with van der Waals surface area (Å²) >= 11 is 0. The summed E-state index contributed by atoms with van der Waals surface area (Å²) in [6.45, 7) is 7.85. The molecule has 0 aliphatic carbocycles. The number of nitrogens with one attached hydrogen (secondary N) is 1. The predicted molar refractivity (Wildman–Crippen MR) is 81.8 cm³/mol. The lowest BCUT2D eigenvalue weighted by molar-refractivity contribution is 0.175. The van der Waals surface area contributed by atoms with Crippen LogP contribution in [0.3, 0.4) is 0 Å². The van der Waals surface area contributed by atoms with Crippen molar-refractivity contribution in [1.29, 1.82) is 0 Å². The Morgan fingerprint density at radius 3 is 2.45 bits per heavy atom. The smallest absolute Gasteiger partial charge is 0.317 e. The molecule has 0 spiro atoms. The molecule has 4 nitrogen and oxygen atoms in total. The van der Waals surface area contributed by atoms with E-state index in [9.17, 15) is 4.79 Å². The summed E-state index contributed by atoms with van der Waals surface area (Å²) in [7, 11) is 0. The van der Waals surface area contributed by atoms with E-state index in [1.54, 1.807) is 4.90 Å². The fourth-order valence-electron chi connectivity index (χ4n) is 2.11. The molecule has 112 valence electrons. The highest BCUT2D eigenvalue weighted by atomic mass is 16.3. The molecule has 0 bridgehead atoms. The highest BCUT2D eigenvalue weighted by molar-refractivity contribution is 5.74. The van der Waals surface area contributed by atoms with E-state index in [1.165, 1.54) is 5.56 Å². The predicted octanol–water partition coefficient (Wildman–Crippen LogP) is 2.38. The van der Waals surface area contributed by atoms with E-state index < -0.39 is 0 Å². The van der Waals surface area contributed by atoms with Crippen LogP contribution in [0.15, 0.2) is 30.3 Å². The topological polar surface area (TPSA) is 52.6 Å². The lowest BCUT2D eigenvalue weighted by atomic mass is 9.85. The molecule has 0 unspecified atom stereocenters. The first-order valence-electron chi connectivity index (χ1n) is 7.20. The van der Waals surface area contributed by atoms with Crippen LogP contribution in [-0.2, 0) is 5.41 Å². The highest BCUT2D eigenvalue weighted by Gasteiger charge is 2.22. The molecule has 1 aromatic carbocycles. The molecule has 4 heteroatoms. The van der Waals surface area contributed by atoms with Crippen LogP contribution in [0.1, 0.15) is 32.8 Å². The summed E-state index contributed by atoms with van der Waals surface area (Å²) in [5.74, 6) is 0. The van der Waals surface area contributed by atoms with Crippen molar-refractivity contribution in [2.75, 3.05) is 26.2 Å². The number of nitrogens with zero attached hydrogens (tertiary/aromatic N) is 1. The van der Waals surface area contributed by atoms with E-state index in [0.29, 0.717) is 19.6 Å². The summed E-state index contributed by atoms with van der Waals surface area (Å²) in [4.78, 5) is 13.8. The number of hydrogen-bond acceptors (Lipinski definition) is 2. The van der Waals surface area contributed by atoms with Gasteiger partial charge in [0.2, 0.25) is 0 Å². The van der Waals surface area contributed by atoms with E-state index in [1.807, 2.05) is 25.1 Å². The van der Waals surface area contributed by atoms with Crippen molar-refractivity contribution >= 4 is 6.03 Å². The molecule has 0 heterocycles. The third kappa shape index (κ3) is 4.85. The van der Waals surface area contributed by atoms with Gasteiger partial charge in [-0.15, -0.1) is 0 Å². The van der Waals surface area contributed by atoms with Crippen molar-refractivity contribution in [2.45, 2.75) is 32.6 Å². The second kappa shape index (κ2) is 7.90. The van der Waals surface area contributed by atoms with Crippen LogP contribution < -0.4 is 5.32 Å². The van der Waals surface area contributed by atoms with E-state index >= 15 is 0 Å². The Morgan fingerprint density at radius 2 is 1.90 bits per heavy atom. The molecule has 0 atom stereocenters. The van der Waals surface area contributed by atoms with Crippen LogP contribution in [0, 0.1) is 0 Å². The maximum atomic E-state index is 12.1. The number of hydrogen-bond donors (Lipinski definition) is 2. The zero-order valence-electron chi connectivity index (χ0n) is 12.7. The van der Waals surface area contributed by atoms with E-state index in [2.05, 4.69) is 31.3 Å². The first-order valence-corrected chi connectivity index (χ1v) is 7.20. The molecule has 0 saturated heterocycles. The molecule has 0 aromatic heterocycles. The fraction of sp³-hybridized carbons (Fsp3) is 0.562. The molecule has 0 radical (unpaired) electrons. The maximum Gasteiger partial charge on any atom is 0.317 e. The number of aliphatic hydroxyl groups excluding tert-OH is 1. The minimum absolute atomic E-state index is 0.00447. The SMILES string of the molecule is CCCN(CCO)C(=O)NCC(C)(C)c1ccccc1. The Hall–Kier alpha value is -1.55. The standard InChI is InChI=1S/C16H26N2O2/c1-4-10-18(11-12-19)15(20)17-13-16(2,3)14-8-6-5-7-9-14/h5-9,19H,4,10-13H2,1-3H3,(H,17,20). The minimum Gasteiger partial charge on any atom is -0.395 e. The number of carbonyl (C=O) groups excluding carboxylic acids is 1. The molecular weight excluding hydrogens is 252 g/mol. The summed E-state index contributed by atoms with van der Waals surface area (Å²) in [5, 5.41) is 12.0. The Bertz CT molecular complexity index is 398. The number of rotatable bonds is 7. The van der Waals surface area contributed by atoms with E-state index in [0.717, 1.165) is 6.42 Å². The third-order valence-electron chi connectivity index (χ3n) is 3.39. The number of amides is 2. The molecular formula is C16H26N2O2. The van der Waals surface area contributed by atoms with Gasteiger partial charge in [-0.3, -0.25) is 0 Å². The lowest BCUT2D eigenvalue weighted by Gasteiger charge is -2.28. The van der Waals surface area contributed by atoms with E-state index in [4.69, 9.17) is 5.11 Å². The zero-order chi connectivity index (χ0) is 15.0. The normalized spacial score (nSPS) is 11.2. The monoisotopic (exact) mass is 278 g/mol. The Balaban J connectivity index is 2.58. The summed E-state index contributed by atoms with van der Waals surface area (Å²) < 4.78 is 0. The number of aliphatic hydroxyl groups is 1. The number of benzene rings is 1. The van der Waals surface area contributed by atoms with Crippen molar-refractivity contribution < 1.29 is 9.90 Å². The third-order valence-corrected chi connectivity index (χ3v) is 3.39. The van der Waals surface area contributed by atoms with Crippen LogP contribution in [-0.4, -0.2) is 42.3 Å². The first-order chi connectivity index (χ1) is 9.51. The van der Waals surface area contributed by atoms with Gasteiger partial charge in [-0.2, -0.15) is 0 Å². The quantitative estimate of drug-likeness (QED) is 0.804. The van der Waals surface area contributed by atoms with Crippen molar-refractivity contribution in [1.82, 2.24) is 10.2 Å². The second-order valence-electron chi connectivity index (χ2n) is 5.62. The number of carbonyl (C=O) groups is 1. The molecule has 1 aromatic rings. The average molecular weight is 278 g/mol. The molecule has 0 fully saturated rings. The van der Waals surface area contributed by atoms with Crippen molar-refractivity contribution in [3.05, 3.63) is 35.9 Å². The highest BCUT2D eigenvalue weighted by Crippen LogP contribution is 2.21. The Labute approximate surface area is 121 Å². The van der Waals surface area contributed by atoms with Gasteiger partial charge in [0.15, 0.2) is 0 Å². The first kappa shape index (κ1) is 16.5. The van der Waals surface area contributed by atoms with Crippen LogP contribution in [0.2, 0.25) is 0 Å². The van der Waals surface area contributed by atoms with Crippen LogP contribution in [0.5, 0.6) is 0 Å². The van der Waals surface area contributed by atoms with Crippen molar-refractivity contribution in [3.8, 4) is 0 Å². The van der Waals surface area contributed by atoms with Gasteiger partial charge in [-0.1, -0.05) is 51.1 Å². The zero-order valence-corrected chi connectivity index (χ0v) is 12.7. The molecule has 0 saturated carbocycles. The summed E-state index contributed by atoms with van der Waals surface area (Å²) in [5.41, 5.74) is 1.08.